The molecule has 4 aromatic rings. The monoisotopic (exact) mass is 539 g/mol. The molecule has 4 heterocycles. The van der Waals surface area contributed by atoms with E-state index in [1.54, 1.807) is 16.8 Å². The van der Waals surface area contributed by atoms with Crippen LogP contribution >= 0.6 is 0 Å². The summed E-state index contributed by atoms with van der Waals surface area (Å²) in [4.78, 5) is 27.9. The lowest BCUT2D eigenvalue weighted by Gasteiger charge is -2.38. The number of carbonyl (C=O) groups excluding carboxylic acids is 2. The lowest BCUT2D eigenvalue weighted by atomic mass is 10.0. The number of aromatic nitrogens is 4. The molecule has 0 saturated carbocycles. The minimum atomic E-state index is -0.369. The summed E-state index contributed by atoms with van der Waals surface area (Å²) in [5.74, 6) is 1.25. The third-order valence-electron chi connectivity index (χ3n) is 7.11. The van der Waals surface area contributed by atoms with Gasteiger partial charge in [-0.1, -0.05) is 41.5 Å². The Kier molecular flexibility index (Phi) is 7.00. The zero-order valence-electron chi connectivity index (χ0n) is 22.0. The van der Waals surface area contributed by atoms with Crippen molar-refractivity contribution < 1.29 is 19.1 Å². The molecule has 1 fully saturated rings. The van der Waals surface area contributed by atoms with Crippen molar-refractivity contribution in [1.29, 1.82) is 0 Å². The van der Waals surface area contributed by atoms with Gasteiger partial charge in [0.15, 0.2) is 6.61 Å². The Labute approximate surface area is 231 Å². The number of hydrogen-bond acceptors (Lipinski definition) is 8. The van der Waals surface area contributed by atoms with E-state index in [1.165, 1.54) is 0 Å². The Morgan fingerprint density at radius 1 is 1.00 bits per heavy atom. The second kappa shape index (κ2) is 11.0. The molecule has 3 aromatic carbocycles. The van der Waals surface area contributed by atoms with Crippen molar-refractivity contribution in [1.82, 2.24) is 30.8 Å². The van der Waals surface area contributed by atoms with Crippen LogP contribution in [0, 0.1) is 6.92 Å². The molecule has 1 aromatic heterocycles. The highest BCUT2D eigenvalue weighted by Gasteiger charge is 2.34. The lowest BCUT2D eigenvalue weighted by molar-refractivity contribution is -0.123. The number of piperidine rings is 1. The van der Waals surface area contributed by atoms with E-state index in [2.05, 4.69) is 31.1 Å². The molecule has 1 saturated heterocycles. The second-order valence-corrected chi connectivity index (χ2v) is 9.89. The number of amides is 2. The molecule has 2 N–H and O–H groups in total. The number of rotatable bonds is 2. The molecule has 11 heteroatoms. The fraction of sp³-hybridized carbons (Fsp3) is 0.276. The smallest absolute Gasteiger partial charge is 0.258 e. The van der Waals surface area contributed by atoms with Gasteiger partial charge in [0.25, 0.3) is 11.8 Å². The molecule has 11 nitrogen and oxygen atoms in total. The predicted octanol–water partition coefficient (Wildman–Crippen LogP) is 2.44. The number of anilines is 1. The third-order valence-corrected chi connectivity index (χ3v) is 7.11. The van der Waals surface area contributed by atoms with Crippen molar-refractivity contribution in [2.75, 3.05) is 24.6 Å². The molecule has 0 aliphatic carbocycles. The van der Waals surface area contributed by atoms with Crippen LogP contribution < -0.4 is 25.0 Å². The number of hydrogen-bond donors (Lipinski definition) is 2. The number of tetrazole rings is 1. The highest BCUT2D eigenvalue weighted by molar-refractivity contribution is 5.95. The Hall–Kier alpha value is -4.93. The van der Waals surface area contributed by atoms with Crippen molar-refractivity contribution in [3.8, 4) is 17.2 Å². The highest BCUT2D eigenvalue weighted by Crippen LogP contribution is 2.25. The molecular formula is C29H29N7O4. The van der Waals surface area contributed by atoms with Crippen molar-refractivity contribution >= 4 is 17.8 Å². The minimum absolute atomic E-state index is 0.150. The second-order valence-electron chi connectivity index (χ2n) is 9.89. The van der Waals surface area contributed by atoms with Crippen LogP contribution in [-0.2, 0) is 11.3 Å². The fourth-order valence-corrected chi connectivity index (χ4v) is 4.91. The van der Waals surface area contributed by atoms with Gasteiger partial charge in [-0.2, -0.15) is 4.68 Å². The average molecular weight is 540 g/mol. The SMILES string of the molecule is Cc1ccc2cc1OCC(=O)NCc1ccc(cc1)O[C@H]1CCN(c3nnnn3-c3ccccc3)C[C@@H]1NC2=O. The van der Waals surface area contributed by atoms with Crippen molar-refractivity contribution in [2.45, 2.75) is 32.0 Å². The van der Waals surface area contributed by atoms with Crippen LogP contribution in [0.25, 0.3) is 5.69 Å². The predicted molar refractivity (Wildman–Crippen MR) is 147 cm³/mol. The normalized spacial score (nSPS) is 19.5. The zero-order valence-corrected chi connectivity index (χ0v) is 22.0. The van der Waals surface area contributed by atoms with Gasteiger partial charge in [0, 0.05) is 31.6 Å². The molecule has 2 amide bonds. The number of nitrogens with one attached hydrogen (secondary N) is 2. The summed E-state index contributed by atoms with van der Waals surface area (Å²) >= 11 is 0. The molecule has 7 rings (SSSR count). The van der Waals surface area contributed by atoms with E-state index in [4.69, 9.17) is 9.47 Å². The minimum Gasteiger partial charge on any atom is -0.488 e. The van der Waals surface area contributed by atoms with Crippen LogP contribution in [0.2, 0.25) is 0 Å². The van der Waals surface area contributed by atoms with Crippen LogP contribution in [0.3, 0.4) is 0 Å². The topological polar surface area (TPSA) is 124 Å². The molecule has 3 aliphatic rings. The molecule has 40 heavy (non-hydrogen) atoms. The van der Waals surface area contributed by atoms with Crippen LogP contribution in [0.15, 0.2) is 72.8 Å². The molecule has 0 radical (unpaired) electrons. The number of benzene rings is 3. The van der Waals surface area contributed by atoms with Gasteiger partial charge in [-0.3, -0.25) is 9.59 Å². The van der Waals surface area contributed by atoms with E-state index in [0.29, 0.717) is 49.1 Å². The van der Waals surface area contributed by atoms with Gasteiger partial charge in [-0.15, -0.1) is 0 Å². The highest BCUT2D eigenvalue weighted by atomic mass is 16.5. The van der Waals surface area contributed by atoms with Gasteiger partial charge in [-0.25, -0.2) is 0 Å². The summed E-state index contributed by atoms with van der Waals surface area (Å²) in [6.07, 6.45) is 0.343. The van der Waals surface area contributed by atoms with Gasteiger partial charge in [0.1, 0.15) is 17.6 Å². The van der Waals surface area contributed by atoms with E-state index in [9.17, 15) is 9.59 Å². The fourth-order valence-electron chi connectivity index (χ4n) is 4.91. The van der Waals surface area contributed by atoms with Crippen LogP contribution in [0.4, 0.5) is 5.95 Å². The van der Waals surface area contributed by atoms with E-state index >= 15 is 0 Å². The lowest BCUT2D eigenvalue weighted by Crippen LogP contribution is -2.57. The van der Waals surface area contributed by atoms with Crippen LogP contribution in [0.1, 0.15) is 27.9 Å². The summed E-state index contributed by atoms with van der Waals surface area (Å²) in [5, 5.41) is 18.4. The number of aryl methyl sites for hydroxylation is 1. The number of nitrogens with zero attached hydrogens (tertiary/aromatic N) is 5. The third kappa shape index (κ3) is 5.44. The molecule has 4 bridgehead atoms. The summed E-state index contributed by atoms with van der Waals surface area (Å²) in [6, 6.07) is 22.1. The van der Waals surface area contributed by atoms with E-state index in [0.717, 1.165) is 16.8 Å². The maximum Gasteiger partial charge on any atom is 0.258 e. The van der Waals surface area contributed by atoms with E-state index in [-0.39, 0.29) is 30.6 Å². The van der Waals surface area contributed by atoms with Crippen LogP contribution in [0.5, 0.6) is 11.5 Å². The molecular weight excluding hydrogens is 510 g/mol. The number of ether oxygens (including phenoxy) is 2. The first-order valence-corrected chi connectivity index (χ1v) is 13.2. The Morgan fingerprint density at radius 2 is 1.82 bits per heavy atom. The summed E-state index contributed by atoms with van der Waals surface area (Å²) in [6.45, 7) is 3.17. The first-order chi connectivity index (χ1) is 19.5. The van der Waals surface area contributed by atoms with Gasteiger partial charge in [-0.05, 0) is 64.9 Å². The Balaban J connectivity index is 1.31. The average Bonchev–Trinajstić information content (AvgIpc) is 3.47. The summed E-state index contributed by atoms with van der Waals surface area (Å²) in [7, 11) is 0. The largest absolute Gasteiger partial charge is 0.488 e. The number of para-hydroxylation sites is 1. The van der Waals surface area contributed by atoms with Crippen molar-refractivity contribution in [2.24, 2.45) is 0 Å². The standard InChI is InChI=1S/C29H29N7O4/c1-19-7-10-21-15-26(19)39-18-27(37)30-16-20-8-11-23(12-9-20)40-25-13-14-35(17-24(25)31-28(21)38)29-32-33-34-36(29)22-5-3-2-4-6-22/h2-12,15,24-25H,13-14,16-18H2,1H3,(H,30,37)(H,31,38)/t24-,25-/m0/s1. The van der Waals surface area contributed by atoms with Crippen LogP contribution in [-0.4, -0.2) is 63.9 Å². The van der Waals surface area contributed by atoms with Crippen molar-refractivity contribution in [3.05, 3.63) is 89.5 Å². The first kappa shape index (κ1) is 25.4. The summed E-state index contributed by atoms with van der Waals surface area (Å²) < 4.78 is 13.9. The van der Waals surface area contributed by atoms with Gasteiger partial charge in [0.2, 0.25) is 5.95 Å². The van der Waals surface area contributed by atoms with Gasteiger partial charge < -0.3 is 25.0 Å². The molecule has 204 valence electrons. The van der Waals surface area contributed by atoms with E-state index < -0.39 is 0 Å². The maximum atomic E-state index is 13.5. The molecule has 2 atom stereocenters. The molecule has 3 aliphatic heterocycles. The van der Waals surface area contributed by atoms with E-state index in [1.807, 2.05) is 67.6 Å². The Bertz CT molecular complexity index is 1510. The number of carbonyl (C=O) groups is 2. The first-order valence-electron chi connectivity index (χ1n) is 13.2. The Morgan fingerprint density at radius 3 is 2.65 bits per heavy atom. The zero-order chi connectivity index (χ0) is 27.5. The molecule has 0 spiro atoms. The summed E-state index contributed by atoms with van der Waals surface area (Å²) in [5.41, 5.74) is 3.05. The maximum absolute atomic E-state index is 13.5. The van der Waals surface area contributed by atoms with Crippen molar-refractivity contribution in [3.63, 3.8) is 0 Å². The van der Waals surface area contributed by atoms with Gasteiger partial charge >= 0.3 is 0 Å². The van der Waals surface area contributed by atoms with Gasteiger partial charge in [0.05, 0.1) is 11.7 Å². The quantitative estimate of drug-likeness (QED) is 0.398. The number of fused-ring (bicyclic) bond motifs is 7. The molecule has 0 unspecified atom stereocenters.